The third-order valence-corrected chi connectivity index (χ3v) is 3.43. The number of aromatic nitrogens is 1. The maximum absolute atomic E-state index is 9.80. The van der Waals surface area contributed by atoms with Crippen molar-refractivity contribution in [2.24, 2.45) is 0 Å². The number of para-hydroxylation sites is 1. The summed E-state index contributed by atoms with van der Waals surface area (Å²) in [5.41, 5.74) is 2.75. The predicted molar refractivity (Wildman–Crippen MR) is 83.6 cm³/mol. The molecule has 0 amide bonds. The average Bonchev–Trinajstić information content (AvgIpc) is 2.49. The van der Waals surface area contributed by atoms with Crippen LogP contribution in [0.2, 0.25) is 0 Å². The van der Waals surface area contributed by atoms with Crippen LogP contribution < -0.4 is 10.1 Å². The molecule has 1 unspecified atom stereocenters. The highest BCUT2D eigenvalue weighted by molar-refractivity contribution is 5.34. The van der Waals surface area contributed by atoms with Crippen LogP contribution in [0.25, 0.3) is 0 Å². The first-order valence-corrected chi connectivity index (χ1v) is 7.11. The van der Waals surface area contributed by atoms with Gasteiger partial charge in [-0.2, -0.15) is 0 Å². The van der Waals surface area contributed by atoms with Crippen molar-refractivity contribution in [3.63, 3.8) is 0 Å². The van der Waals surface area contributed by atoms with E-state index < -0.39 is 0 Å². The number of aryl methyl sites for hydroxylation is 1. The van der Waals surface area contributed by atoms with Crippen molar-refractivity contribution < 1.29 is 9.84 Å². The number of hydrogen-bond acceptors (Lipinski definition) is 4. The predicted octanol–water partition coefficient (Wildman–Crippen LogP) is 2.83. The highest BCUT2D eigenvalue weighted by Gasteiger charge is 2.09. The lowest BCUT2D eigenvalue weighted by Crippen LogP contribution is -2.28. The molecule has 2 rings (SSSR count). The molecule has 2 aromatic rings. The lowest BCUT2D eigenvalue weighted by atomic mass is 10.1. The molecule has 0 radical (unpaired) electrons. The summed E-state index contributed by atoms with van der Waals surface area (Å²) >= 11 is 0. The summed E-state index contributed by atoms with van der Waals surface area (Å²) in [6.45, 7) is 4.57. The minimum atomic E-state index is 0.234. The van der Waals surface area contributed by atoms with Crippen LogP contribution in [0, 0.1) is 6.92 Å². The van der Waals surface area contributed by atoms with Crippen molar-refractivity contribution in [2.75, 3.05) is 7.11 Å². The zero-order chi connectivity index (χ0) is 15.2. The first-order valence-electron chi connectivity index (χ1n) is 7.11. The Bertz CT molecular complexity index is 599. The summed E-state index contributed by atoms with van der Waals surface area (Å²) < 4.78 is 5.36. The van der Waals surface area contributed by atoms with Crippen molar-refractivity contribution in [3.05, 3.63) is 53.3 Å². The highest BCUT2D eigenvalue weighted by Crippen LogP contribution is 2.19. The van der Waals surface area contributed by atoms with Gasteiger partial charge in [0.05, 0.1) is 12.8 Å². The Morgan fingerprint density at radius 3 is 2.76 bits per heavy atom. The molecule has 1 aromatic carbocycles. The molecule has 4 nitrogen and oxygen atoms in total. The first-order chi connectivity index (χ1) is 10.1. The van der Waals surface area contributed by atoms with Gasteiger partial charge in [-0.3, -0.25) is 4.98 Å². The molecule has 0 bridgehead atoms. The molecule has 112 valence electrons. The molecule has 0 aliphatic rings. The van der Waals surface area contributed by atoms with Crippen LogP contribution in [0.4, 0.5) is 0 Å². The van der Waals surface area contributed by atoms with E-state index in [0.717, 1.165) is 17.9 Å². The fraction of sp³-hybridized carbons (Fsp3) is 0.353. The van der Waals surface area contributed by atoms with Gasteiger partial charge in [-0.15, -0.1) is 0 Å². The van der Waals surface area contributed by atoms with E-state index in [-0.39, 0.29) is 11.8 Å². The van der Waals surface area contributed by atoms with E-state index >= 15 is 0 Å². The molecule has 1 heterocycles. The highest BCUT2D eigenvalue weighted by atomic mass is 16.5. The third kappa shape index (κ3) is 4.20. The smallest absolute Gasteiger partial charge is 0.138 e. The molecule has 0 fully saturated rings. The number of methoxy groups -OCH3 is 1. The van der Waals surface area contributed by atoms with E-state index in [1.54, 1.807) is 19.2 Å². The summed E-state index contributed by atoms with van der Waals surface area (Å²) in [6, 6.07) is 11.8. The number of nitrogens with one attached hydrogen (secondary N) is 1. The molecule has 0 saturated carbocycles. The normalized spacial score (nSPS) is 12.1. The maximum Gasteiger partial charge on any atom is 0.138 e. The fourth-order valence-corrected chi connectivity index (χ4v) is 2.28. The standard InChI is InChI=1S/C17H22N2O2/c1-12-8-9-16(20)15(19-12)11-18-13(2)10-14-6-4-5-7-17(14)21-3/h4-9,13,18,20H,10-11H2,1-3H3. The third-order valence-electron chi connectivity index (χ3n) is 3.43. The quantitative estimate of drug-likeness (QED) is 0.857. The summed E-state index contributed by atoms with van der Waals surface area (Å²) in [4.78, 5) is 4.35. The Morgan fingerprint density at radius 1 is 1.24 bits per heavy atom. The molecular weight excluding hydrogens is 264 g/mol. The second-order valence-corrected chi connectivity index (χ2v) is 5.22. The van der Waals surface area contributed by atoms with Gasteiger partial charge in [0, 0.05) is 18.3 Å². The summed E-state index contributed by atoms with van der Waals surface area (Å²) in [6.07, 6.45) is 0.858. The lowest BCUT2D eigenvalue weighted by molar-refractivity contribution is 0.405. The van der Waals surface area contributed by atoms with Crippen molar-refractivity contribution in [3.8, 4) is 11.5 Å². The number of pyridine rings is 1. The van der Waals surface area contributed by atoms with Crippen LogP contribution in [0.5, 0.6) is 11.5 Å². The van der Waals surface area contributed by atoms with Gasteiger partial charge in [0.15, 0.2) is 0 Å². The number of hydrogen-bond donors (Lipinski definition) is 2. The Labute approximate surface area is 125 Å². The zero-order valence-corrected chi connectivity index (χ0v) is 12.8. The maximum atomic E-state index is 9.80. The van der Waals surface area contributed by atoms with Crippen LogP contribution >= 0.6 is 0 Å². The number of aromatic hydroxyl groups is 1. The van der Waals surface area contributed by atoms with E-state index in [1.807, 2.05) is 25.1 Å². The molecule has 0 aliphatic carbocycles. The van der Waals surface area contributed by atoms with Gasteiger partial charge in [-0.05, 0) is 44.0 Å². The van der Waals surface area contributed by atoms with Gasteiger partial charge in [-0.25, -0.2) is 0 Å². The van der Waals surface area contributed by atoms with Crippen LogP contribution in [0.3, 0.4) is 0 Å². The molecule has 0 spiro atoms. The topological polar surface area (TPSA) is 54.4 Å². The summed E-state index contributed by atoms with van der Waals surface area (Å²) in [5.74, 6) is 1.14. The van der Waals surface area contributed by atoms with Crippen molar-refractivity contribution in [1.29, 1.82) is 0 Å². The number of benzene rings is 1. The van der Waals surface area contributed by atoms with E-state index in [2.05, 4.69) is 23.3 Å². The lowest BCUT2D eigenvalue weighted by Gasteiger charge is -2.16. The van der Waals surface area contributed by atoms with Crippen molar-refractivity contribution in [1.82, 2.24) is 10.3 Å². The second kappa shape index (κ2) is 7.09. The number of nitrogens with zero attached hydrogens (tertiary/aromatic N) is 1. The Kier molecular flexibility index (Phi) is 5.17. The largest absolute Gasteiger partial charge is 0.506 e. The van der Waals surface area contributed by atoms with E-state index in [9.17, 15) is 5.11 Å². The second-order valence-electron chi connectivity index (χ2n) is 5.22. The SMILES string of the molecule is COc1ccccc1CC(C)NCc1nc(C)ccc1O. The van der Waals surface area contributed by atoms with Crippen molar-refractivity contribution >= 4 is 0 Å². The molecule has 21 heavy (non-hydrogen) atoms. The van der Waals surface area contributed by atoms with Gasteiger partial charge < -0.3 is 15.2 Å². The van der Waals surface area contributed by atoms with Gasteiger partial charge in [0.1, 0.15) is 11.5 Å². The molecule has 2 N–H and O–H groups in total. The number of rotatable bonds is 6. The monoisotopic (exact) mass is 286 g/mol. The fourth-order valence-electron chi connectivity index (χ4n) is 2.28. The molecule has 0 aliphatic heterocycles. The van der Waals surface area contributed by atoms with Gasteiger partial charge in [0.25, 0.3) is 0 Å². The van der Waals surface area contributed by atoms with Crippen LogP contribution in [-0.2, 0) is 13.0 Å². The summed E-state index contributed by atoms with van der Waals surface area (Å²) in [5, 5.41) is 13.2. The Morgan fingerprint density at radius 2 is 2.00 bits per heavy atom. The van der Waals surface area contributed by atoms with Crippen molar-refractivity contribution in [2.45, 2.75) is 32.9 Å². The van der Waals surface area contributed by atoms with Gasteiger partial charge in [-0.1, -0.05) is 18.2 Å². The zero-order valence-electron chi connectivity index (χ0n) is 12.8. The van der Waals surface area contributed by atoms with Crippen LogP contribution in [-0.4, -0.2) is 23.2 Å². The minimum Gasteiger partial charge on any atom is -0.506 e. The van der Waals surface area contributed by atoms with Gasteiger partial charge in [0.2, 0.25) is 0 Å². The van der Waals surface area contributed by atoms with E-state index in [1.165, 1.54) is 5.56 Å². The Hall–Kier alpha value is -2.07. The molecule has 1 aromatic heterocycles. The molecule has 4 heteroatoms. The average molecular weight is 286 g/mol. The molecule has 1 atom stereocenters. The molecule has 0 saturated heterocycles. The van der Waals surface area contributed by atoms with Crippen LogP contribution in [0.1, 0.15) is 23.9 Å². The number of ether oxygens (including phenoxy) is 1. The Balaban J connectivity index is 1.96. The minimum absolute atomic E-state index is 0.234. The summed E-state index contributed by atoms with van der Waals surface area (Å²) in [7, 11) is 1.69. The molecular formula is C17H22N2O2. The van der Waals surface area contributed by atoms with Crippen LogP contribution in [0.15, 0.2) is 36.4 Å². The van der Waals surface area contributed by atoms with Gasteiger partial charge >= 0.3 is 0 Å². The van der Waals surface area contributed by atoms with E-state index in [4.69, 9.17) is 4.74 Å². The van der Waals surface area contributed by atoms with E-state index in [0.29, 0.717) is 12.2 Å². The first kappa shape index (κ1) is 15.3.